The SMILES string of the molecule is O=C(Nc1ccccc1)Nc1nc(C(=O)Nc2ccc(F)c(Cl)c2)cs1. The number of nitrogens with zero attached hydrogens (tertiary/aromatic N) is 1. The number of halogens is 2. The maximum atomic E-state index is 13.1. The van der Waals surface area contributed by atoms with Crippen molar-refractivity contribution in [2.75, 3.05) is 16.0 Å². The second-order valence-electron chi connectivity index (χ2n) is 5.07. The quantitative estimate of drug-likeness (QED) is 0.596. The molecule has 0 bridgehead atoms. The van der Waals surface area contributed by atoms with Crippen molar-refractivity contribution in [3.8, 4) is 0 Å². The Labute approximate surface area is 157 Å². The van der Waals surface area contributed by atoms with Gasteiger partial charge in [0.05, 0.1) is 5.02 Å². The van der Waals surface area contributed by atoms with Crippen LogP contribution in [0.2, 0.25) is 5.02 Å². The first-order valence-corrected chi connectivity index (χ1v) is 8.62. The summed E-state index contributed by atoms with van der Waals surface area (Å²) in [5.74, 6) is -1.07. The smallest absolute Gasteiger partial charge is 0.321 e. The number of aromatic nitrogens is 1. The van der Waals surface area contributed by atoms with E-state index < -0.39 is 17.8 Å². The summed E-state index contributed by atoms with van der Waals surface area (Å²) < 4.78 is 13.1. The third-order valence-corrected chi connectivity index (χ3v) is 4.21. The van der Waals surface area contributed by atoms with Crippen LogP contribution in [-0.2, 0) is 0 Å². The number of rotatable bonds is 4. The van der Waals surface area contributed by atoms with Crippen LogP contribution in [0.1, 0.15) is 10.5 Å². The molecule has 3 amide bonds. The lowest BCUT2D eigenvalue weighted by molar-refractivity contribution is 0.102. The van der Waals surface area contributed by atoms with Gasteiger partial charge in [-0.3, -0.25) is 10.1 Å². The molecule has 0 atom stereocenters. The number of carbonyl (C=O) groups excluding carboxylic acids is 2. The molecule has 0 radical (unpaired) electrons. The molecule has 9 heteroatoms. The van der Waals surface area contributed by atoms with Crippen molar-refractivity contribution in [1.82, 2.24) is 4.98 Å². The van der Waals surface area contributed by atoms with Crippen LogP contribution in [0.15, 0.2) is 53.9 Å². The van der Waals surface area contributed by atoms with Gasteiger partial charge in [-0.15, -0.1) is 11.3 Å². The minimum Gasteiger partial charge on any atom is -0.321 e. The average Bonchev–Trinajstić information content (AvgIpc) is 3.07. The number of para-hydroxylation sites is 1. The van der Waals surface area contributed by atoms with Gasteiger partial charge < -0.3 is 10.6 Å². The van der Waals surface area contributed by atoms with Crippen molar-refractivity contribution in [2.24, 2.45) is 0 Å². The summed E-state index contributed by atoms with van der Waals surface area (Å²) in [5.41, 5.74) is 1.09. The maximum absolute atomic E-state index is 13.1. The Hall–Kier alpha value is -2.97. The Morgan fingerprint density at radius 1 is 1.00 bits per heavy atom. The fourth-order valence-electron chi connectivity index (χ4n) is 1.99. The van der Waals surface area contributed by atoms with E-state index in [4.69, 9.17) is 11.6 Å². The molecule has 1 heterocycles. The van der Waals surface area contributed by atoms with E-state index in [0.29, 0.717) is 11.4 Å². The van der Waals surface area contributed by atoms with Crippen molar-refractivity contribution in [2.45, 2.75) is 0 Å². The van der Waals surface area contributed by atoms with Crippen molar-refractivity contribution in [1.29, 1.82) is 0 Å². The molecule has 0 unspecified atom stereocenters. The number of thiazole rings is 1. The lowest BCUT2D eigenvalue weighted by atomic mass is 10.3. The molecule has 0 spiro atoms. The number of urea groups is 1. The summed E-state index contributed by atoms with van der Waals surface area (Å²) in [6, 6.07) is 12.3. The minimum absolute atomic E-state index is 0.0963. The van der Waals surface area contributed by atoms with Gasteiger partial charge in [0.15, 0.2) is 5.13 Å². The third kappa shape index (κ3) is 4.56. The van der Waals surface area contributed by atoms with E-state index in [1.165, 1.54) is 17.5 Å². The van der Waals surface area contributed by atoms with Gasteiger partial charge in [-0.05, 0) is 30.3 Å². The van der Waals surface area contributed by atoms with E-state index in [2.05, 4.69) is 20.9 Å². The molecule has 0 saturated carbocycles. The molecule has 26 heavy (non-hydrogen) atoms. The summed E-state index contributed by atoms with van der Waals surface area (Å²) in [6.45, 7) is 0. The van der Waals surface area contributed by atoms with Crippen LogP contribution in [-0.4, -0.2) is 16.9 Å². The number of nitrogens with one attached hydrogen (secondary N) is 3. The second-order valence-corrected chi connectivity index (χ2v) is 6.33. The molecule has 0 saturated heterocycles. The molecule has 3 N–H and O–H groups in total. The number of anilines is 3. The molecule has 3 aromatic rings. The van der Waals surface area contributed by atoms with Crippen LogP contribution < -0.4 is 16.0 Å². The lowest BCUT2D eigenvalue weighted by Gasteiger charge is -2.05. The van der Waals surface area contributed by atoms with E-state index in [1.807, 2.05) is 6.07 Å². The zero-order chi connectivity index (χ0) is 18.5. The summed E-state index contributed by atoms with van der Waals surface area (Å²) in [6.07, 6.45) is 0. The highest BCUT2D eigenvalue weighted by Crippen LogP contribution is 2.21. The fourth-order valence-corrected chi connectivity index (χ4v) is 2.85. The molecule has 6 nitrogen and oxygen atoms in total. The second kappa shape index (κ2) is 7.94. The first-order valence-electron chi connectivity index (χ1n) is 7.36. The normalized spacial score (nSPS) is 10.2. The van der Waals surface area contributed by atoms with Crippen molar-refractivity contribution < 1.29 is 14.0 Å². The Balaban J connectivity index is 1.60. The van der Waals surface area contributed by atoms with Gasteiger partial charge in [-0.1, -0.05) is 29.8 Å². The molecule has 1 aromatic heterocycles. The van der Waals surface area contributed by atoms with Crippen LogP contribution in [0.25, 0.3) is 0 Å². The number of hydrogen-bond donors (Lipinski definition) is 3. The van der Waals surface area contributed by atoms with Crippen molar-refractivity contribution in [3.05, 3.63) is 70.4 Å². The molecule has 3 rings (SSSR count). The first-order chi connectivity index (χ1) is 12.5. The Morgan fingerprint density at radius 2 is 1.77 bits per heavy atom. The highest BCUT2D eigenvalue weighted by molar-refractivity contribution is 7.14. The minimum atomic E-state index is -0.575. The molecule has 0 aliphatic rings. The van der Waals surface area contributed by atoms with Crippen LogP contribution in [0, 0.1) is 5.82 Å². The van der Waals surface area contributed by atoms with Crippen molar-refractivity contribution >= 4 is 51.4 Å². The van der Waals surface area contributed by atoms with Crippen LogP contribution >= 0.6 is 22.9 Å². The predicted octanol–water partition coefficient (Wildman–Crippen LogP) is 4.83. The van der Waals surface area contributed by atoms with E-state index >= 15 is 0 Å². The highest BCUT2D eigenvalue weighted by atomic mass is 35.5. The van der Waals surface area contributed by atoms with E-state index in [0.717, 1.165) is 17.4 Å². The van der Waals surface area contributed by atoms with Gasteiger partial charge in [-0.2, -0.15) is 0 Å². The van der Waals surface area contributed by atoms with Gasteiger partial charge in [-0.25, -0.2) is 14.2 Å². The van der Waals surface area contributed by atoms with Gasteiger partial charge >= 0.3 is 6.03 Å². The average molecular weight is 391 g/mol. The van der Waals surface area contributed by atoms with Gasteiger partial charge in [0, 0.05) is 16.8 Å². The lowest BCUT2D eigenvalue weighted by Crippen LogP contribution is -2.19. The van der Waals surface area contributed by atoms with E-state index in [1.54, 1.807) is 24.3 Å². The largest absolute Gasteiger partial charge is 0.325 e. The summed E-state index contributed by atoms with van der Waals surface area (Å²) in [7, 11) is 0. The summed E-state index contributed by atoms with van der Waals surface area (Å²) in [4.78, 5) is 28.1. The molecule has 0 fully saturated rings. The maximum Gasteiger partial charge on any atom is 0.325 e. The number of amides is 3. The highest BCUT2D eigenvalue weighted by Gasteiger charge is 2.13. The van der Waals surface area contributed by atoms with Gasteiger partial charge in [0.1, 0.15) is 11.5 Å². The number of carbonyl (C=O) groups is 2. The fraction of sp³-hybridized carbons (Fsp3) is 0. The monoisotopic (exact) mass is 390 g/mol. The summed E-state index contributed by atoms with van der Waals surface area (Å²) >= 11 is 6.78. The number of hydrogen-bond acceptors (Lipinski definition) is 4. The Kier molecular flexibility index (Phi) is 5.45. The molecule has 0 aliphatic carbocycles. The van der Waals surface area contributed by atoms with Gasteiger partial charge in [0.25, 0.3) is 5.91 Å². The van der Waals surface area contributed by atoms with Crippen molar-refractivity contribution in [3.63, 3.8) is 0 Å². The molecular formula is C17H12ClFN4O2S. The predicted molar refractivity (Wildman–Crippen MR) is 101 cm³/mol. The first kappa shape index (κ1) is 17.8. The van der Waals surface area contributed by atoms with Crippen LogP contribution in [0.5, 0.6) is 0 Å². The number of benzene rings is 2. The Morgan fingerprint density at radius 3 is 2.50 bits per heavy atom. The molecular weight excluding hydrogens is 379 g/mol. The topological polar surface area (TPSA) is 83.1 Å². The standard InChI is InChI=1S/C17H12ClFN4O2S/c18-12-8-11(6-7-13(12)19)20-15(24)14-9-26-17(22-14)23-16(25)21-10-4-2-1-3-5-10/h1-9H,(H,20,24)(H2,21,22,23,25). The molecule has 132 valence electrons. The zero-order valence-electron chi connectivity index (χ0n) is 13.1. The van der Waals surface area contributed by atoms with E-state index in [-0.39, 0.29) is 15.8 Å². The zero-order valence-corrected chi connectivity index (χ0v) is 14.7. The Bertz CT molecular complexity index is 949. The summed E-state index contributed by atoms with van der Waals surface area (Å²) in [5, 5.41) is 9.42. The van der Waals surface area contributed by atoms with E-state index in [9.17, 15) is 14.0 Å². The van der Waals surface area contributed by atoms with Crippen LogP contribution in [0.4, 0.5) is 25.7 Å². The molecule has 2 aromatic carbocycles. The molecule has 0 aliphatic heterocycles. The van der Waals surface area contributed by atoms with Crippen LogP contribution in [0.3, 0.4) is 0 Å². The van der Waals surface area contributed by atoms with Gasteiger partial charge in [0.2, 0.25) is 0 Å². The third-order valence-electron chi connectivity index (χ3n) is 3.17.